The molecule has 100 valence electrons. The lowest BCUT2D eigenvalue weighted by atomic mass is 10.1. The van der Waals surface area contributed by atoms with Gasteiger partial charge in [-0.2, -0.15) is 0 Å². The molecule has 0 aromatic carbocycles. The van der Waals surface area contributed by atoms with E-state index in [0.29, 0.717) is 18.3 Å². The second kappa shape index (κ2) is 7.11. The van der Waals surface area contributed by atoms with Crippen LogP contribution in [0, 0.1) is 12.8 Å². The highest BCUT2D eigenvalue weighted by molar-refractivity contribution is 5.91. The monoisotopic (exact) mass is 249 g/mol. The number of hydrogen-bond donors (Lipinski definition) is 1. The van der Waals surface area contributed by atoms with Gasteiger partial charge in [-0.1, -0.05) is 19.9 Å². The average Bonchev–Trinajstić information content (AvgIpc) is 2.29. The Morgan fingerprint density at radius 1 is 1.44 bits per heavy atom. The van der Waals surface area contributed by atoms with Crippen LogP contribution in [0.15, 0.2) is 18.3 Å². The summed E-state index contributed by atoms with van der Waals surface area (Å²) < 4.78 is 0. The van der Waals surface area contributed by atoms with Gasteiger partial charge in [0.25, 0.3) is 0 Å². The van der Waals surface area contributed by atoms with Crippen LogP contribution < -0.4 is 5.32 Å². The summed E-state index contributed by atoms with van der Waals surface area (Å²) >= 11 is 0. The first-order valence-electron chi connectivity index (χ1n) is 6.38. The maximum Gasteiger partial charge on any atom is 0.239 e. The van der Waals surface area contributed by atoms with Crippen molar-refractivity contribution in [2.24, 2.45) is 5.92 Å². The quantitative estimate of drug-likeness (QED) is 0.841. The Bertz CT molecular complexity index is 373. The van der Waals surface area contributed by atoms with E-state index in [2.05, 4.69) is 24.1 Å². The first-order chi connectivity index (χ1) is 8.47. The third-order valence-electron chi connectivity index (χ3n) is 2.68. The standard InChI is InChI=1S/C14H23N3O/c1-11(2)7-8-17(4)10-14(18)16-13-6-5-12(3)9-15-13/h5-6,9,11H,7-8,10H2,1-4H3,(H,15,16,18). The Kier molecular flexibility index (Phi) is 5.78. The molecule has 4 heteroatoms. The van der Waals surface area contributed by atoms with Gasteiger partial charge in [-0.05, 0) is 44.5 Å². The molecule has 0 aliphatic carbocycles. The number of nitrogens with zero attached hydrogens (tertiary/aromatic N) is 2. The van der Waals surface area contributed by atoms with Crippen molar-refractivity contribution in [2.45, 2.75) is 27.2 Å². The fraction of sp³-hybridized carbons (Fsp3) is 0.571. The van der Waals surface area contributed by atoms with Crippen molar-refractivity contribution >= 4 is 11.7 Å². The van der Waals surface area contributed by atoms with E-state index < -0.39 is 0 Å². The molecule has 0 spiro atoms. The molecule has 18 heavy (non-hydrogen) atoms. The fourth-order valence-corrected chi connectivity index (χ4v) is 1.53. The topological polar surface area (TPSA) is 45.2 Å². The van der Waals surface area contributed by atoms with E-state index in [4.69, 9.17) is 0 Å². The van der Waals surface area contributed by atoms with Gasteiger partial charge in [0.2, 0.25) is 5.91 Å². The lowest BCUT2D eigenvalue weighted by molar-refractivity contribution is -0.117. The van der Waals surface area contributed by atoms with Crippen LogP contribution in [0.3, 0.4) is 0 Å². The van der Waals surface area contributed by atoms with E-state index in [1.807, 2.05) is 31.0 Å². The SMILES string of the molecule is Cc1ccc(NC(=O)CN(C)CCC(C)C)nc1. The number of carbonyl (C=O) groups excluding carboxylic acids is 1. The van der Waals surface area contributed by atoms with Gasteiger partial charge in [0.05, 0.1) is 6.54 Å². The minimum atomic E-state index is -0.0161. The number of pyridine rings is 1. The zero-order chi connectivity index (χ0) is 13.5. The van der Waals surface area contributed by atoms with Crippen LogP contribution in [0.2, 0.25) is 0 Å². The molecular formula is C14H23N3O. The Balaban J connectivity index is 2.34. The fourth-order valence-electron chi connectivity index (χ4n) is 1.53. The first kappa shape index (κ1) is 14.6. The molecule has 1 N–H and O–H groups in total. The predicted octanol–water partition coefficient (Wildman–Crippen LogP) is 2.31. The highest BCUT2D eigenvalue weighted by atomic mass is 16.2. The second-order valence-electron chi connectivity index (χ2n) is 5.19. The van der Waals surface area contributed by atoms with Crippen LogP contribution in [0.4, 0.5) is 5.82 Å². The molecule has 1 amide bonds. The molecule has 1 aromatic rings. The number of hydrogen-bond acceptors (Lipinski definition) is 3. The van der Waals surface area contributed by atoms with Crippen molar-refractivity contribution < 1.29 is 4.79 Å². The van der Waals surface area contributed by atoms with E-state index in [1.54, 1.807) is 6.20 Å². The lowest BCUT2D eigenvalue weighted by Crippen LogP contribution is -2.31. The normalized spacial score (nSPS) is 11.0. The minimum absolute atomic E-state index is 0.0161. The van der Waals surface area contributed by atoms with Crippen molar-refractivity contribution in [1.29, 1.82) is 0 Å². The molecule has 0 saturated carbocycles. The highest BCUT2D eigenvalue weighted by Crippen LogP contribution is 2.04. The van der Waals surface area contributed by atoms with E-state index >= 15 is 0 Å². The van der Waals surface area contributed by atoms with Gasteiger partial charge in [0, 0.05) is 6.20 Å². The Morgan fingerprint density at radius 2 is 2.17 bits per heavy atom. The zero-order valence-electron chi connectivity index (χ0n) is 11.7. The number of aryl methyl sites for hydroxylation is 1. The van der Waals surface area contributed by atoms with Crippen molar-refractivity contribution in [3.05, 3.63) is 23.9 Å². The number of rotatable bonds is 6. The molecule has 0 fully saturated rings. The Labute approximate surface area is 109 Å². The zero-order valence-corrected chi connectivity index (χ0v) is 11.7. The van der Waals surface area contributed by atoms with Crippen LogP contribution in [0.1, 0.15) is 25.8 Å². The Hall–Kier alpha value is -1.42. The number of amides is 1. The lowest BCUT2D eigenvalue weighted by Gasteiger charge is -2.17. The van der Waals surface area contributed by atoms with Crippen LogP contribution >= 0.6 is 0 Å². The summed E-state index contributed by atoms with van der Waals surface area (Å²) in [6, 6.07) is 3.76. The summed E-state index contributed by atoms with van der Waals surface area (Å²) in [6.45, 7) is 7.68. The maximum atomic E-state index is 11.8. The molecular weight excluding hydrogens is 226 g/mol. The average molecular weight is 249 g/mol. The summed E-state index contributed by atoms with van der Waals surface area (Å²) in [4.78, 5) is 17.9. The largest absolute Gasteiger partial charge is 0.310 e. The van der Waals surface area contributed by atoms with E-state index in [-0.39, 0.29) is 5.91 Å². The Morgan fingerprint density at radius 3 is 2.72 bits per heavy atom. The molecule has 1 rings (SSSR count). The molecule has 1 aromatic heterocycles. The van der Waals surface area contributed by atoms with Gasteiger partial charge in [0.1, 0.15) is 5.82 Å². The van der Waals surface area contributed by atoms with Crippen LogP contribution in [0.5, 0.6) is 0 Å². The van der Waals surface area contributed by atoms with Crippen molar-refractivity contribution in [3.63, 3.8) is 0 Å². The predicted molar refractivity (Wildman–Crippen MR) is 74.6 cm³/mol. The molecule has 1 heterocycles. The first-order valence-corrected chi connectivity index (χ1v) is 6.38. The van der Waals surface area contributed by atoms with Crippen LogP contribution in [-0.4, -0.2) is 35.9 Å². The van der Waals surface area contributed by atoms with Crippen molar-refractivity contribution in [3.8, 4) is 0 Å². The molecule has 0 unspecified atom stereocenters. The van der Waals surface area contributed by atoms with E-state index in [1.165, 1.54) is 0 Å². The second-order valence-corrected chi connectivity index (χ2v) is 5.19. The number of nitrogens with one attached hydrogen (secondary N) is 1. The molecule has 0 aliphatic heterocycles. The van der Waals surface area contributed by atoms with Gasteiger partial charge < -0.3 is 5.32 Å². The summed E-state index contributed by atoms with van der Waals surface area (Å²) in [5.41, 5.74) is 1.09. The molecule has 4 nitrogen and oxygen atoms in total. The van der Waals surface area contributed by atoms with Crippen molar-refractivity contribution in [1.82, 2.24) is 9.88 Å². The van der Waals surface area contributed by atoms with Gasteiger partial charge in [-0.3, -0.25) is 9.69 Å². The van der Waals surface area contributed by atoms with Gasteiger partial charge in [0.15, 0.2) is 0 Å². The smallest absolute Gasteiger partial charge is 0.239 e. The number of likely N-dealkylation sites (N-methyl/N-ethyl adjacent to an activating group) is 1. The van der Waals surface area contributed by atoms with Gasteiger partial charge >= 0.3 is 0 Å². The summed E-state index contributed by atoms with van der Waals surface area (Å²) in [5, 5.41) is 2.80. The van der Waals surface area contributed by atoms with E-state index in [9.17, 15) is 4.79 Å². The van der Waals surface area contributed by atoms with Crippen LogP contribution in [-0.2, 0) is 4.79 Å². The van der Waals surface area contributed by atoms with E-state index in [0.717, 1.165) is 18.5 Å². The van der Waals surface area contributed by atoms with Gasteiger partial charge in [-0.25, -0.2) is 4.98 Å². The number of anilines is 1. The third kappa shape index (κ3) is 5.77. The molecule has 0 radical (unpaired) electrons. The van der Waals surface area contributed by atoms with Crippen LogP contribution in [0.25, 0.3) is 0 Å². The number of aromatic nitrogens is 1. The maximum absolute atomic E-state index is 11.8. The summed E-state index contributed by atoms with van der Waals surface area (Å²) in [6.07, 6.45) is 2.85. The summed E-state index contributed by atoms with van der Waals surface area (Å²) in [7, 11) is 1.96. The third-order valence-corrected chi connectivity index (χ3v) is 2.68. The molecule has 0 aliphatic rings. The number of carbonyl (C=O) groups is 1. The van der Waals surface area contributed by atoms with Gasteiger partial charge in [-0.15, -0.1) is 0 Å². The minimum Gasteiger partial charge on any atom is -0.310 e. The molecule has 0 saturated heterocycles. The summed E-state index contributed by atoms with van der Waals surface area (Å²) in [5.74, 6) is 1.26. The molecule has 0 atom stereocenters. The molecule has 0 bridgehead atoms. The highest BCUT2D eigenvalue weighted by Gasteiger charge is 2.07. The van der Waals surface area contributed by atoms with Crippen molar-refractivity contribution in [2.75, 3.05) is 25.5 Å².